The van der Waals surface area contributed by atoms with Crippen molar-refractivity contribution in [1.82, 2.24) is 9.78 Å². The molecule has 1 aromatic rings. The number of nitrogen functional groups attached to an aromatic ring is 1. The Morgan fingerprint density at radius 1 is 1.62 bits per heavy atom. The van der Waals surface area contributed by atoms with Crippen molar-refractivity contribution < 1.29 is 22.7 Å². The molecule has 5 nitrogen and oxygen atoms in total. The van der Waals surface area contributed by atoms with Gasteiger partial charge in [-0.2, -0.15) is 18.3 Å². The van der Waals surface area contributed by atoms with Crippen molar-refractivity contribution in [3.05, 3.63) is 11.9 Å². The van der Waals surface area contributed by atoms with Gasteiger partial charge in [-0.25, -0.2) is 4.79 Å². The molecule has 0 saturated heterocycles. The minimum Gasteiger partial charge on any atom is -0.467 e. The number of hydrogen-bond donors (Lipinski definition) is 1. The molecule has 1 atom stereocenters. The van der Waals surface area contributed by atoms with Crippen LogP contribution in [0.5, 0.6) is 0 Å². The Labute approximate surface area is 89.0 Å². The summed E-state index contributed by atoms with van der Waals surface area (Å²) in [7, 11) is 1.14. The number of rotatable bonds is 2. The van der Waals surface area contributed by atoms with Crippen LogP contribution in [-0.4, -0.2) is 22.9 Å². The first-order valence-electron chi connectivity index (χ1n) is 4.27. The van der Waals surface area contributed by atoms with E-state index in [1.165, 1.54) is 6.92 Å². The number of ether oxygens (including phenoxy) is 1. The van der Waals surface area contributed by atoms with E-state index in [4.69, 9.17) is 5.73 Å². The van der Waals surface area contributed by atoms with Crippen LogP contribution in [0.4, 0.5) is 18.9 Å². The smallest absolute Gasteiger partial charge is 0.437 e. The van der Waals surface area contributed by atoms with Crippen LogP contribution in [-0.2, 0) is 15.7 Å². The lowest BCUT2D eigenvalue weighted by molar-refractivity contribution is -0.146. The molecule has 0 bridgehead atoms. The standard InChI is InChI=1S/C8H10F3N3O2/c1-4(7(15)16-2)14-3-5(12)6(13-14)8(9,10)11/h3-4H,12H2,1-2H3. The monoisotopic (exact) mass is 237 g/mol. The lowest BCUT2D eigenvalue weighted by Crippen LogP contribution is -2.19. The third-order valence-electron chi connectivity index (χ3n) is 1.97. The van der Waals surface area contributed by atoms with Crippen LogP contribution in [0, 0.1) is 0 Å². The molecule has 0 aromatic carbocycles. The van der Waals surface area contributed by atoms with Crippen LogP contribution >= 0.6 is 0 Å². The molecule has 0 fully saturated rings. The highest BCUT2D eigenvalue weighted by Crippen LogP contribution is 2.32. The van der Waals surface area contributed by atoms with Crippen LogP contribution < -0.4 is 5.73 Å². The minimum absolute atomic E-state index is 0.525. The second-order valence-electron chi connectivity index (χ2n) is 3.11. The number of methoxy groups -OCH3 is 1. The molecule has 0 saturated carbocycles. The van der Waals surface area contributed by atoms with E-state index in [1.54, 1.807) is 0 Å². The van der Waals surface area contributed by atoms with Crippen molar-refractivity contribution in [3.8, 4) is 0 Å². The average Bonchev–Trinajstić information content (AvgIpc) is 2.57. The van der Waals surface area contributed by atoms with Gasteiger partial charge in [0.25, 0.3) is 0 Å². The molecule has 1 unspecified atom stereocenters. The van der Waals surface area contributed by atoms with E-state index in [2.05, 4.69) is 9.84 Å². The van der Waals surface area contributed by atoms with E-state index >= 15 is 0 Å². The number of nitrogens with zero attached hydrogens (tertiary/aromatic N) is 2. The van der Waals surface area contributed by atoms with Crippen molar-refractivity contribution in [3.63, 3.8) is 0 Å². The predicted octanol–water partition coefficient (Wildman–Crippen LogP) is 1.22. The first-order valence-corrected chi connectivity index (χ1v) is 4.27. The molecule has 8 heteroatoms. The lowest BCUT2D eigenvalue weighted by Gasteiger charge is -2.09. The zero-order chi connectivity index (χ0) is 12.5. The summed E-state index contributed by atoms with van der Waals surface area (Å²) in [6, 6.07) is -0.955. The van der Waals surface area contributed by atoms with Crippen molar-refractivity contribution in [2.75, 3.05) is 12.8 Å². The summed E-state index contributed by atoms with van der Waals surface area (Å²) in [5, 5.41) is 3.22. The van der Waals surface area contributed by atoms with Gasteiger partial charge in [0.05, 0.1) is 12.8 Å². The van der Waals surface area contributed by atoms with Gasteiger partial charge in [-0.15, -0.1) is 0 Å². The van der Waals surface area contributed by atoms with Gasteiger partial charge in [-0.1, -0.05) is 0 Å². The molecule has 1 rings (SSSR count). The highest BCUT2D eigenvalue weighted by atomic mass is 19.4. The van der Waals surface area contributed by atoms with E-state index in [1.807, 2.05) is 0 Å². The number of anilines is 1. The zero-order valence-electron chi connectivity index (χ0n) is 8.58. The molecule has 0 aliphatic rings. The van der Waals surface area contributed by atoms with Crippen LogP contribution in [0.2, 0.25) is 0 Å². The first kappa shape index (κ1) is 12.3. The highest BCUT2D eigenvalue weighted by molar-refractivity contribution is 5.73. The van der Waals surface area contributed by atoms with Crippen LogP contribution in [0.1, 0.15) is 18.7 Å². The molecular weight excluding hydrogens is 227 g/mol. The van der Waals surface area contributed by atoms with Gasteiger partial charge in [0.15, 0.2) is 5.69 Å². The predicted molar refractivity (Wildman–Crippen MR) is 48.4 cm³/mol. The summed E-state index contributed by atoms with van der Waals surface area (Å²) in [4.78, 5) is 11.1. The van der Waals surface area contributed by atoms with E-state index in [0.717, 1.165) is 18.0 Å². The van der Waals surface area contributed by atoms with Crippen molar-refractivity contribution in [2.45, 2.75) is 19.1 Å². The van der Waals surface area contributed by atoms with Crippen LogP contribution in [0.3, 0.4) is 0 Å². The molecule has 0 amide bonds. The number of aromatic nitrogens is 2. The second-order valence-corrected chi connectivity index (χ2v) is 3.11. The van der Waals surface area contributed by atoms with Gasteiger partial charge in [-0.05, 0) is 6.92 Å². The summed E-state index contributed by atoms with van der Waals surface area (Å²) in [6.07, 6.45) is -3.68. The van der Waals surface area contributed by atoms with E-state index in [0.29, 0.717) is 0 Å². The largest absolute Gasteiger partial charge is 0.467 e. The summed E-state index contributed by atoms with van der Waals surface area (Å²) in [5.41, 5.74) is 3.42. The summed E-state index contributed by atoms with van der Waals surface area (Å²) >= 11 is 0. The number of halogens is 3. The molecule has 2 N–H and O–H groups in total. The molecule has 90 valence electrons. The number of alkyl halides is 3. The Morgan fingerprint density at radius 2 is 2.19 bits per heavy atom. The average molecular weight is 237 g/mol. The quantitative estimate of drug-likeness (QED) is 0.785. The number of nitrogens with two attached hydrogens (primary N) is 1. The maximum absolute atomic E-state index is 12.3. The first-order chi connectivity index (χ1) is 7.27. The fourth-order valence-corrected chi connectivity index (χ4v) is 1.10. The van der Waals surface area contributed by atoms with E-state index < -0.39 is 29.6 Å². The molecule has 0 radical (unpaired) electrons. The topological polar surface area (TPSA) is 70.1 Å². The maximum Gasteiger partial charge on any atom is 0.437 e. The summed E-state index contributed by atoms with van der Waals surface area (Å²) < 4.78 is 42.2. The number of esters is 1. The Bertz CT molecular complexity index is 400. The molecule has 1 aromatic heterocycles. The highest BCUT2D eigenvalue weighted by Gasteiger charge is 2.37. The van der Waals surface area contributed by atoms with Gasteiger partial charge in [0.1, 0.15) is 6.04 Å². The molecule has 16 heavy (non-hydrogen) atoms. The Hall–Kier alpha value is -1.73. The van der Waals surface area contributed by atoms with E-state index in [9.17, 15) is 18.0 Å². The van der Waals surface area contributed by atoms with Crippen molar-refractivity contribution in [1.29, 1.82) is 0 Å². The van der Waals surface area contributed by atoms with Gasteiger partial charge in [0.2, 0.25) is 0 Å². The third kappa shape index (κ3) is 2.26. The van der Waals surface area contributed by atoms with Gasteiger partial charge < -0.3 is 10.5 Å². The van der Waals surface area contributed by atoms with Gasteiger partial charge in [-0.3, -0.25) is 4.68 Å². The lowest BCUT2D eigenvalue weighted by atomic mass is 10.3. The Kier molecular flexibility index (Phi) is 3.11. The SMILES string of the molecule is COC(=O)C(C)n1cc(N)c(C(F)(F)F)n1. The molecule has 1 heterocycles. The van der Waals surface area contributed by atoms with E-state index in [-0.39, 0.29) is 0 Å². The summed E-state index contributed by atoms with van der Waals surface area (Å²) in [6.45, 7) is 1.36. The minimum atomic E-state index is -4.63. The molecule has 0 aliphatic carbocycles. The summed E-state index contributed by atoms with van der Waals surface area (Å²) in [5.74, 6) is -0.698. The molecule has 0 spiro atoms. The second kappa shape index (κ2) is 4.03. The fourth-order valence-electron chi connectivity index (χ4n) is 1.10. The van der Waals surface area contributed by atoms with Crippen molar-refractivity contribution >= 4 is 11.7 Å². The number of carbonyl (C=O) groups excluding carboxylic acids is 1. The third-order valence-corrected chi connectivity index (χ3v) is 1.97. The zero-order valence-corrected chi connectivity index (χ0v) is 8.58. The fraction of sp³-hybridized carbons (Fsp3) is 0.500. The molecule has 0 aliphatic heterocycles. The van der Waals surface area contributed by atoms with Crippen LogP contribution in [0.15, 0.2) is 6.20 Å². The molecular formula is C8H10F3N3O2. The van der Waals surface area contributed by atoms with Crippen molar-refractivity contribution in [2.24, 2.45) is 0 Å². The number of hydrogen-bond acceptors (Lipinski definition) is 4. The van der Waals surface area contributed by atoms with Crippen LogP contribution in [0.25, 0.3) is 0 Å². The Morgan fingerprint density at radius 3 is 2.56 bits per heavy atom. The normalized spacial score (nSPS) is 13.6. The number of carbonyl (C=O) groups is 1. The van der Waals surface area contributed by atoms with Gasteiger partial charge in [0, 0.05) is 6.20 Å². The maximum atomic E-state index is 12.3. The van der Waals surface area contributed by atoms with Gasteiger partial charge >= 0.3 is 12.1 Å². The Balaban J connectivity index is 3.06.